The maximum atomic E-state index is 5.66. The molecule has 0 aromatic heterocycles. The lowest BCUT2D eigenvalue weighted by atomic mass is 9.88. The van der Waals surface area contributed by atoms with Crippen LogP contribution in [-0.2, 0) is 0 Å². The van der Waals surface area contributed by atoms with Crippen molar-refractivity contribution in [2.45, 2.75) is 32.6 Å². The van der Waals surface area contributed by atoms with Gasteiger partial charge in [0.25, 0.3) is 0 Å². The number of nitrogens with zero attached hydrogens (tertiary/aromatic N) is 1. The molecule has 2 rings (SSSR count). The molecule has 2 aliphatic carbocycles. The third-order valence-electron chi connectivity index (χ3n) is 4.50. The van der Waals surface area contributed by atoms with E-state index < -0.39 is 0 Å². The molecule has 2 bridgehead atoms. The predicted molar refractivity (Wildman–Crippen MR) is 72.4 cm³/mol. The van der Waals surface area contributed by atoms with E-state index in [-0.39, 0.29) is 0 Å². The third-order valence-corrected chi connectivity index (χ3v) is 4.90. The number of nitrogens with two attached hydrogens (primary N) is 1. The Morgan fingerprint density at radius 1 is 1.44 bits per heavy atom. The molecule has 4 unspecified atom stereocenters. The standard InChI is InChI=1S/C13H24N2S/c1-9(13(14)16)7-15(2)8-12-6-10-3-4-11(12)5-10/h9-12H,3-8H2,1-2H3,(H2,14,16). The normalized spacial score (nSPS) is 34.6. The fourth-order valence-corrected chi connectivity index (χ4v) is 3.71. The average Bonchev–Trinajstić information content (AvgIpc) is 2.78. The van der Waals surface area contributed by atoms with Crippen molar-refractivity contribution in [2.24, 2.45) is 29.4 Å². The van der Waals surface area contributed by atoms with Gasteiger partial charge in [-0.05, 0) is 44.1 Å². The number of rotatable bonds is 5. The van der Waals surface area contributed by atoms with Crippen molar-refractivity contribution < 1.29 is 0 Å². The van der Waals surface area contributed by atoms with Crippen LogP contribution >= 0.6 is 12.2 Å². The zero-order valence-electron chi connectivity index (χ0n) is 10.5. The van der Waals surface area contributed by atoms with Crippen molar-refractivity contribution in [1.29, 1.82) is 0 Å². The van der Waals surface area contributed by atoms with E-state index in [4.69, 9.17) is 18.0 Å². The van der Waals surface area contributed by atoms with E-state index in [0.29, 0.717) is 10.9 Å². The topological polar surface area (TPSA) is 29.3 Å². The van der Waals surface area contributed by atoms with Crippen molar-refractivity contribution in [3.63, 3.8) is 0 Å². The van der Waals surface area contributed by atoms with Crippen LogP contribution < -0.4 is 5.73 Å². The molecule has 92 valence electrons. The summed E-state index contributed by atoms with van der Waals surface area (Å²) >= 11 is 5.02. The number of hydrogen-bond donors (Lipinski definition) is 1. The van der Waals surface area contributed by atoms with Gasteiger partial charge in [0.1, 0.15) is 0 Å². The molecule has 2 saturated carbocycles. The predicted octanol–water partition coefficient (Wildman–Crippen LogP) is 2.28. The minimum absolute atomic E-state index is 0.346. The molecule has 16 heavy (non-hydrogen) atoms. The highest BCUT2D eigenvalue weighted by molar-refractivity contribution is 7.80. The monoisotopic (exact) mass is 240 g/mol. The highest BCUT2D eigenvalue weighted by Crippen LogP contribution is 2.48. The Hall–Kier alpha value is -0.150. The summed E-state index contributed by atoms with van der Waals surface area (Å²) in [5.74, 6) is 3.37. The van der Waals surface area contributed by atoms with Gasteiger partial charge in [-0.15, -0.1) is 0 Å². The van der Waals surface area contributed by atoms with E-state index >= 15 is 0 Å². The van der Waals surface area contributed by atoms with Crippen LogP contribution in [0.25, 0.3) is 0 Å². The first kappa shape index (κ1) is 12.3. The summed E-state index contributed by atoms with van der Waals surface area (Å²) < 4.78 is 0. The SMILES string of the molecule is CC(CN(C)CC1CC2CCC1C2)C(N)=S. The van der Waals surface area contributed by atoms with Crippen LogP contribution in [0.1, 0.15) is 32.6 Å². The van der Waals surface area contributed by atoms with Crippen LogP contribution in [0, 0.1) is 23.7 Å². The number of hydrogen-bond acceptors (Lipinski definition) is 2. The molecule has 0 heterocycles. The summed E-state index contributed by atoms with van der Waals surface area (Å²) in [7, 11) is 2.21. The van der Waals surface area contributed by atoms with E-state index in [9.17, 15) is 0 Å². The molecule has 0 spiro atoms. The Morgan fingerprint density at radius 3 is 2.69 bits per heavy atom. The first-order chi connectivity index (χ1) is 7.56. The lowest BCUT2D eigenvalue weighted by Crippen LogP contribution is -2.35. The second-order valence-electron chi connectivity index (χ2n) is 5.96. The van der Waals surface area contributed by atoms with Crippen LogP contribution in [0.5, 0.6) is 0 Å². The molecule has 0 aliphatic heterocycles. The van der Waals surface area contributed by atoms with Crippen LogP contribution in [0.3, 0.4) is 0 Å². The molecule has 0 radical (unpaired) electrons. The van der Waals surface area contributed by atoms with Gasteiger partial charge >= 0.3 is 0 Å². The van der Waals surface area contributed by atoms with Gasteiger partial charge in [-0.3, -0.25) is 0 Å². The molecular formula is C13H24N2S. The van der Waals surface area contributed by atoms with Crippen LogP contribution in [0.2, 0.25) is 0 Å². The van der Waals surface area contributed by atoms with Crippen molar-refractivity contribution in [2.75, 3.05) is 20.1 Å². The van der Waals surface area contributed by atoms with E-state index in [0.717, 1.165) is 24.3 Å². The Balaban J connectivity index is 1.75. The summed E-state index contributed by atoms with van der Waals surface area (Å²) in [5.41, 5.74) is 5.66. The fourth-order valence-electron chi connectivity index (χ4n) is 3.63. The molecule has 3 heteroatoms. The molecule has 0 aromatic carbocycles. The van der Waals surface area contributed by atoms with Crippen molar-refractivity contribution in [1.82, 2.24) is 4.90 Å². The van der Waals surface area contributed by atoms with Gasteiger partial charge in [0.05, 0.1) is 4.99 Å². The molecule has 2 nitrogen and oxygen atoms in total. The molecule has 0 aromatic rings. The summed E-state index contributed by atoms with van der Waals surface area (Å²) in [5, 5.41) is 0. The van der Waals surface area contributed by atoms with Crippen LogP contribution in [0.4, 0.5) is 0 Å². The van der Waals surface area contributed by atoms with Crippen LogP contribution in [0.15, 0.2) is 0 Å². The van der Waals surface area contributed by atoms with Gasteiger partial charge in [0.15, 0.2) is 0 Å². The highest BCUT2D eigenvalue weighted by Gasteiger charge is 2.39. The van der Waals surface area contributed by atoms with Gasteiger partial charge in [-0.2, -0.15) is 0 Å². The number of fused-ring (bicyclic) bond motifs is 2. The smallest absolute Gasteiger partial charge is 0.0768 e. The zero-order chi connectivity index (χ0) is 11.7. The Kier molecular flexibility index (Phi) is 3.85. The fraction of sp³-hybridized carbons (Fsp3) is 0.923. The third kappa shape index (κ3) is 2.75. The lowest BCUT2D eigenvalue weighted by Gasteiger charge is -2.28. The van der Waals surface area contributed by atoms with Crippen LogP contribution in [-0.4, -0.2) is 30.0 Å². The Morgan fingerprint density at radius 2 is 2.19 bits per heavy atom. The first-order valence-electron chi connectivity index (χ1n) is 6.54. The van der Waals surface area contributed by atoms with Gasteiger partial charge in [-0.1, -0.05) is 25.6 Å². The quantitative estimate of drug-likeness (QED) is 0.748. The second kappa shape index (κ2) is 5.01. The highest BCUT2D eigenvalue weighted by atomic mass is 32.1. The molecule has 2 fully saturated rings. The average molecular weight is 240 g/mol. The minimum Gasteiger partial charge on any atom is -0.393 e. The van der Waals surface area contributed by atoms with E-state index in [1.807, 2.05) is 0 Å². The maximum Gasteiger partial charge on any atom is 0.0768 e. The number of thiocarbonyl (C=S) groups is 1. The molecule has 4 atom stereocenters. The van der Waals surface area contributed by atoms with Gasteiger partial charge in [-0.25, -0.2) is 0 Å². The lowest BCUT2D eigenvalue weighted by molar-refractivity contribution is 0.212. The Labute approximate surface area is 105 Å². The van der Waals surface area contributed by atoms with Gasteiger partial charge in [0, 0.05) is 19.0 Å². The zero-order valence-corrected chi connectivity index (χ0v) is 11.3. The van der Waals surface area contributed by atoms with Crippen molar-refractivity contribution in [3.05, 3.63) is 0 Å². The second-order valence-corrected chi connectivity index (χ2v) is 6.43. The maximum absolute atomic E-state index is 5.66. The Bertz CT molecular complexity index is 267. The van der Waals surface area contributed by atoms with Gasteiger partial charge < -0.3 is 10.6 Å². The first-order valence-corrected chi connectivity index (χ1v) is 6.95. The summed E-state index contributed by atoms with van der Waals surface area (Å²) in [6.07, 6.45) is 5.95. The molecule has 2 N–H and O–H groups in total. The molecule has 2 aliphatic rings. The van der Waals surface area contributed by atoms with E-state index in [2.05, 4.69) is 18.9 Å². The minimum atomic E-state index is 0.346. The molecule has 0 saturated heterocycles. The van der Waals surface area contributed by atoms with Crippen molar-refractivity contribution >= 4 is 17.2 Å². The largest absolute Gasteiger partial charge is 0.393 e. The van der Waals surface area contributed by atoms with E-state index in [1.165, 1.54) is 32.2 Å². The summed E-state index contributed by atoms with van der Waals surface area (Å²) in [4.78, 5) is 3.08. The summed E-state index contributed by atoms with van der Waals surface area (Å²) in [6.45, 7) is 4.39. The molecule has 0 amide bonds. The van der Waals surface area contributed by atoms with E-state index in [1.54, 1.807) is 0 Å². The van der Waals surface area contributed by atoms with Crippen molar-refractivity contribution in [3.8, 4) is 0 Å². The summed E-state index contributed by atoms with van der Waals surface area (Å²) in [6, 6.07) is 0. The van der Waals surface area contributed by atoms with Gasteiger partial charge in [0.2, 0.25) is 0 Å². The molecular weight excluding hydrogens is 216 g/mol.